The van der Waals surface area contributed by atoms with E-state index in [1.165, 1.54) is 37.6 Å². The average Bonchev–Trinajstić information content (AvgIpc) is 2.48. The molecule has 21 heavy (non-hydrogen) atoms. The normalized spacial score (nSPS) is 9.95. The van der Waals surface area contributed by atoms with Gasteiger partial charge < -0.3 is 15.8 Å². The van der Waals surface area contributed by atoms with Crippen LogP contribution in [0.4, 0.5) is 17.2 Å². The number of hydrogen-bond acceptors (Lipinski definition) is 6. The van der Waals surface area contributed by atoms with E-state index >= 15 is 0 Å². The number of carbonyl (C=O) groups is 1. The first kappa shape index (κ1) is 14.3. The van der Waals surface area contributed by atoms with Gasteiger partial charge in [-0.3, -0.25) is 14.9 Å². The highest BCUT2D eigenvalue weighted by atomic mass is 16.6. The van der Waals surface area contributed by atoms with Gasteiger partial charge in [-0.25, -0.2) is 4.98 Å². The molecule has 0 bridgehead atoms. The zero-order valence-corrected chi connectivity index (χ0v) is 11.1. The molecule has 0 saturated heterocycles. The number of benzene rings is 1. The Balaban J connectivity index is 2.33. The van der Waals surface area contributed by atoms with E-state index in [-0.39, 0.29) is 17.0 Å². The highest BCUT2D eigenvalue weighted by molar-refractivity contribution is 6.07. The van der Waals surface area contributed by atoms with Gasteiger partial charge in [0, 0.05) is 6.07 Å². The number of carbonyl (C=O) groups excluding carboxylic acids is 1. The molecule has 1 heterocycles. The summed E-state index contributed by atoms with van der Waals surface area (Å²) >= 11 is 0. The third-order valence-corrected chi connectivity index (χ3v) is 2.68. The Morgan fingerprint density at radius 3 is 2.71 bits per heavy atom. The Labute approximate surface area is 119 Å². The molecule has 0 aliphatic rings. The number of nitrogen functional groups attached to an aromatic ring is 1. The van der Waals surface area contributed by atoms with E-state index in [1.807, 2.05) is 0 Å². The van der Waals surface area contributed by atoms with Crippen LogP contribution < -0.4 is 15.8 Å². The van der Waals surface area contributed by atoms with Crippen LogP contribution >= 0.6 is 0 Å². The topological polar surface area (TPSA) is 120 Å². The summed E-state index contributed by atoms with van der Waals surface area (Å²) in [5, 5.41) is 13.5. The second-order valence-corrected chi connectivity index (χ2v) is 4.04. The molecule has 8 heteroatoms. The Hall–Kier alpha value is -3.16. The van der Waals surface area contributed by atoms with Crippen molar-refractivity contribution in [2.45, 2.75) is 0 Å². The summed E-state index contributed by atoms with van der Waals surface area (Å²) in [6.45, 7) is 0. The minimum absolute atomic E-state index is 0.0588. The third kappa shape index (κ3) is 3.06. The Bertz CT molecular complexity index is 685. The summed E-state index contributed by atoms with van der Waals surface area (Å²) in [5.74, 6) is -0.313. The van der Waals surface area contributed by atoms with Crippen LogP contribution in [0.5, 0.6) is 5.75 Å². The number of rotatable bonds is 4. The van der Waals surface area contributed by atoms with Crippen molar-refractivity contribution < 1.29 is 14.5 Å². The number of nitrogens with two attached hydrogens (primary N) is 1. The summed E-state index contributed by atoms with van der Waals surface area (Å²) < 4.78 is 4.98. The molecule has 0 spiro atoms. The second kappa shape index (κ2) is 5.87. The van der Waals surface area contributed by atoms with E-state index in [9.17, 15) is 14.9 Å². The number of hydrogen-bond donors (Lipinski definition) is 2. The van der Waals surface area contributed by atoms with Gasteiger partial charge in [0.25, 0.3) is 5.91 Å². The number of amides is 1. The van der Waals surface area contributed by atoms with E-state index < -0.39 is 10.8 Å². The number of anilines is 2. The number of nitrogens with one attached hydrogen (secondary N) is 1. The van der Waals surface area contributed by atoms with Gasteiger partial charge in [0.2, 0.25) is 5.75 Å². The number of ether oxygens (including phenoxy) is 1. The molecule has 1 aromatic carbocycles. The fraction of sp³-hybridized carbons (Fsp3) is 0.0769. The molecule has 2 rings (SSSR count). The van der Waals surface area contributed by atoms with Crippen LogP contribution in [0.2, 0.25) is 0 Å². The minimum Gasteiger partial charge on any atom is -0.490 e. The SMILES string of the molecule is COc1c(C(=O)Nc2ccc(N)nc2)cccc1[N+](=O)[O-]. The molecule has 0 saturated carbocycles. The van der Waals surface area contributed by atoms with Gasteiger partial charge in [0.05, 0.1) is 29.5 Å². The van der Waals surface area contributed by atoms with Crippen molar-refractivity contribution in [3.05, 3.63) is 52.2 Å². The maximum absolute atomic E-state index is 12.2. The van der Waals surface area contributed by atoms with Crippen LogP contribution in [0.25, 0.3) is 0 Å². The van der Waals surface area contributed by atoms with Crippen molar-refractivity contribution in [1.29, 1.82) is 0 Å². The van der Waals surface area contributed by atoms with E-state index in [0.29, 0.717) is 11.5 Å². The van der Waals surface area contributed by atoms with E-state index in [4.69, 9.17) is 10.5 Å². The summed E-state index contributed by atoms with van der Waals surface area (Å²) in [7, 11) is 1.27. The first-order valence-corrected chi connectivity index (χ1v) is 5.87. The number of nitrogens with zero attached hydrogens (tertiary/aromatic N) is 2. The van der Waals surface area contributed by atoms with Crippen LogP contribution in [-0.4, -0.2) is 22.9 Å². The summed E-state index contributed by atoms with van der Waals surface area (Å²) in [5.41, 5.74) is 5.65. The smallest absolute Gasteiger partial charge is 0.311 e. The predicted octanol–water partition coefficient (Wildman–Crippen LogP) is 1.83. The van der Waals surface area contributed by atoms with Crippen LogP contribution in [0.3, 0.4) is 0 Å². The van der Waals surface area contributed by atoms with Crippen molar-refractivity contribution >= 4 is 23.1 Å². The van der Waals surface area contributed by atoms with Gasteiger partial charge in [-0.15, -0.1) is 0 Å². The number of para-hydroxylation sites is 1. The third-order valence-electron chi connectivity index (χ3n) is 2.68. The van der Waals surface area contributed by atoms with E-state index in [1.54, 1.807) is 6.07 Å². The molecule has 0 radical (unpaired) electrons. The quantitative estimate of drug-likeness (QED) is 0.654. The molecular weight excluding hydrogens is 276 g/mol. The van der Waals surface area contributed by atoms with Gasteiger partial charge >= 0.3 is 5.69 Å². The van der Waals surface area contributed by atoms with Gasteiger partial charge in [-0.1, -0.05) is 6.07 Å². The van der Waals surface area contributed by atoms with Crippen molar-refractivity contribution in [1.82, 2.24) is 4.98 Å². The first-order valence-electron chi connectivity index (χ1n) is 5.87. The molecule has 3 N–H and O–H groups in total. The lowest BCUT2D eigenvalue weighted by molar-refractivity contribution is -0.385. The average molecular weight is 288 g/mol. The minimum atomic E-state index is -0.611. The van der Waals surface area contributed by atoms with Crippen molar-refractivity contribution in [3.8, 4) is 5.75 Å². The number of pyridine rings is 1. The lowest BCUT2D eigenvalue weighted by Crippen LogP contribution is -2.14. The largest absolute Gasteiger partial charge is 0.490 e. The summed E-state index contributed by atoms with van der Waals surface area (Å²) in [6, 6.07) is 7.22. The molecule has 0 aliphatic carbocycles. The number of methoxy groups -OCH3 is 1. The van der Waals surface area contributed by atoms with Gasteiger partial charge in [0.1, 0.15) is 5.82 Å². The lowest BCUT2D eigenvalue weighted by Gasteiger charge is -2.09. The van der Waals surface area contributed by atoms with Gasteiger partial charge in [-0.05, 0) is 18.2 Å². The number of nitro groups is 1. The van der Waals surface area contributed by atoms with Crippen molar-refractivity contribution in [2.24, 2.45) is 0 Å². The van der Waals surface area contributed by atoms with Crippen molar-refractivity contribution in [2.75, 3.05) is 18.2 Å². The number of nitro benzene ring substituents is 1. The maximum Gasteiger partial charge on any atom is 0.311 e. The monoisotopic (exact) mass is 288 g/mol. The zero-order chi connectivity index (χ0) is 15.4. The molecule has 1 aromatic heterocycles. The molecule has 2 aromatic rings. The Kier molecular flexibility index (Phi) is 3.98. The fourth-order valence-electron chi connectivity index (χ4n) is 1.74. The van der Waals surface area contributed by atoms with Crippen LogP contribution in [0.1, 0.15) is 10.4 Å². The molecule has 0 aliphatic heterocycles. The Morgan fingerprint density at radius 1 is 1.38 bits per heavy atom. The fourth-order valence-corrected chi connectivity index (χ4v) is 1.74. The summed E-state index contributed by atoms with van der Waals surface area (Å²) in [6.07, 6.45) is 1.39. The van der Waals surface area contributed by atoms with E-state index in [2.05, 4.69) is 10.3 Å². The maximum atomic E-state index is 12.2. The van der Waals surface area contributed by atoms with Gasteiger partial charge in [0.15, 0.2) is 0 Å². The lowest BCUT2D eigenvalue weighted by atomic mass is 10.1. The number of aromatic nitrogens is 1. The van der Waals surface area contributed by atoms with Gasteiger partial charge in [-0.2, -0.15) is 0 Å². The van der Waals surface area contributed by atoms with Crippen molar-refractivity contribution in [3.63, 3.8) is 0 Å². The standard InChI is InChI=1S/C13H12N4O4/c1-21-12-9(3-2-4-10(12)17(19)20)13(18)16-8-5-6-11(14)15-7-8/h2-7H,1H3,(H2,14,15)(H,16,18). The van der Waals surface area contributed by atoms with Crippen LogP contribution in [-0.2, 0) is 0 Å². The molecule has 1 amide bonds. The second-order valence-electron chi connectivity index (χ2n) is 4.04. The zero-order valence-electron chi connectivity index (χ0n) is 11.1. The molecule has 0 unspecified atom stereocenters. The predicted molar refractivity (Wildman–Crippen MR) is 76.3 cm³/mol. The van der Waals surface area contributed by atoms with Crippen LogP contribution in [0, 0.1) is 10.1 Å². The Morgan fingerprint density at radius 2 is 2.14 bits per heavy atom. The highest BCUT2D eigenvalue weighted by Gasteiger charge is 2.22. The summed E-state index contributed by atoms with van der Waals surface area (Å²) in [4.78, 5) is 26.3. The molecule has 8 nitrogen and oxygen atoms in total. The molecular formula is C13H12N4O4. The molecule has 0 atom stereocenters. The molecule has 0 fully saturated rings. The van der Waals surface area contributed by atoms with Crippen LogP contribution in [0.15, 0.2) is 36.5 Å². The first-order chi connectivity index (χ1) is 10.0. The van der Waals surface area contributed by atoms with E-state index in [0.717, 1.165) is 0 Å². The molecule has 108 valence electrons. The highest BCUT2D eigenvalue weighted by Crippen LogP contribution is 2.30.